The van der Waals surface area contributed by atoms with E-state index < -0.39 is 16.1 Å². The first kappa shape index (κ1) is 9.22. The van der Waals surface area contributed by atoms with Gasteiger partial charge in [-0.2, -0.15) is 0 Å². The predicted molar refractivity (Wildman–Crippen MR) is 34.2 cm³/mol. The fourth-order valence-corrected chi connectivity index (χ4v) is 1.27. The van der Waals surface area contributed by atoms with E-state index in [1.165, 1.54) is 0 Å². The molecule has 0 aliphatic carbocycles. The molecule has 0 bridgehead atoms. The van der Waals surface area contributed by atoms with Crippen molar-refractivity contribution in [3.05, 3.63) is 0 Å². The Hall–Kier alpha value is -0.780. The van der Waals surface area contributed by atoms with Crippen molar-refractivity contribution >= 4 is 16.1 Å². The second-order valence-corrected chi connectivity index (χ2v) is 3.41. The van der Waals surface area contributed by atoms with E-state index in [2.05, 4.69) is 4.72 Å². The molecule has 0 heterocycles. The Morgan fingerprint density at radius 2 is 2.10 bits per heavy atom. The molecule has 0 atom stereocenters. The third-order valence-electron chi connectivity index (χ3n) is 0.679. The van der Waals surface area contributed by atoms with E-state index in [1.54, 1.807) is 6.92 Å². The molecular formula is C4H8NO4S. The lowest BCUT2D eigenvalue weighted by molar-refractivity contribution is 0.200. The lowest BCUT2D eigenvalue weighted by atomic mass is 10.6. The average Bonchev–Trinajstić information content (AvgIpc) is 1.59. The highest BCUT2D eigenvalue weighted by molar-refractivity contribution is 7.89. The van der Waals surface area contributed by atoms with Gasteiger partial charge in [-0.3, -0.25) is 0 Å². The van der Waals surface area contributed by atoms with Crippen molar-refractivity contribution in [1.82, 2.24) is 4.72 Å². The van der Waals surface area contributed by atoms with Crippen LogP contribution in [-0.4, -0.2) is 25.4 Å². The lowest BCUT2D eigenvalue weighted by Gasteiger charge is -1.95. The molecule has 0 aromatic rings. The van der Waals surface area contributed by atoms with Crippen LogP contribution in [0.5, 0.6) is 0 Å². The highest BCUT2D eigenvalue weighted by atomic mass is 32.2. The summed E-state index contributed by atoms with van der Waals surface area (Å²) in [6.07, 6.45) is -1.28. The van der Waals surface area contributed by atoms with Crippen molar-refractivity contribution in [3.63, 3.8) is 0 Å². The summed E-state index contributed by atoms with van der Waals surface area (Å²) in [5, 5.41) is 7.93. The number of rotatable bonds is 3. The zero-order valence-electron chi connectivity index (χ0n) is 5.44. The Balaban J connectivity index is 4.02. The molecule has 0 aromatic heterocycles. The first-order valence-corrected chi connectivity index (χ1v) is 4.27. The van der Waals surface area contributed by atoms with Crippen molar-refractivity contribution in [1.29, 1.82) is 0 Å². The summed E-state index contributed by atoms with van der Waals surface area (Å²) in [6.45, 7) is 1.63. The Morgan fingerprint density at radius 3 is 2.40 bits per heavy atom. The van der Waals surface area contributed by atoms with Gasteiger partial charge in [-0.15, -0.1) is 0 Å². The van der Waals surface area contributed by atoms with Crippen LogP contribution in [-0.2, 0) is 10.0 Å². The minimum Gasteiger partial charge on any atom is -0.463 e. The van der Waals surface area contributed by atoms with E-state index in [4.69, 9.17) is 5.11 Å². The summed E-state index contributed by atoms with van der Waals surface area (Å²) in [4.78, 5) is 9.74. The molecule has 0 spiro atoms. The van der Waals surface area contributed by atoms with E-state index in [-0.39, 0.29) is 5.75 Å². The van der Waals surface area contributed by atoms with Gasteiger partial charge >= 0.3 is 6.09 Å². The van der Waals surface area contributed by atoms with Gasteiger partial charge in [0.25, 0.3) is 10.0 Å². The normalized spacial score (nSPS) is 10.9. The molecule has 0 saturated carbocycles. The number of nitrogens with zero attached hydrogens (tertiary/aromatic N) is 1. The van der Waals surface area contributed by atoms with E-state index in [0.717, 1.165) is 0 Å². The number of carboxylic acid groups (broad SMARTS) is 1. The fourth-order valence-electron chi connectivity index (χ4n) is 0.423. The van der Waals surface area contributed by atoms with Crippen LogP contribution >= 0.6 is 0 Å². The second kappa shape index (κ2) is 3.40. The quantitative estimate of drug-likeness (QED) is 0.639. The molecule has 0 aliphatic heterocycles. The topological polar surface area (TPSA) is 85.5 Å². The van der Waals surface area contributed by atoms with Crippen LogP contribution in [0.2, 0.25) is 0 Å². The van der Waals surface area contributed by atoms with Crippen LogP contribution in [0.25, 0.3) is 0 Å². The van der Waals surface area contributed by atoms with Gasteiger partial charge in [-0.1, -0.05) is 11.6 Å². The predicted octanol–water partition coefficient (Wildman–Crippen LogP) is 0.00860. The number of sulfonamides is 1. The molecule has 59 valence electrons. The zero-order valence-corrected chi connectivity index (χ0v) is 6.26. The summed E-state index contributed by atoms with van der Waals surface area (Å²) in [5.74, 6) is -0.209. The molecule has 0 fully saturated rings. The van der Waals surface area contributed by atoms with Gasteiger partial charge in [0.2, 0.25) is 0 Å². The highest BCUT2D eigenvalue weighted by Gasteiger charge is 2.14. The van der Waals surface area contributed by atoms with Crippen molar-refractivity contribution < 1.29 is 18.3 Å². The van der Waals surface area contributed by atoms with Gasteiger partial charge < -0.3 is 5.11 Å². The fraction of sp³-hybridized carbons (Fsp3) is 0.750. The van der Waals surface area contributed by atoms with Crippen LogP contribution < -0.4 is 4.72 Å². The summed E-state index contributed by atoms with van der Waals surface area (Å²) in [7, 11) is -3.71. The maximum atomic E-state index is 10.5. The molecule has 0 aliphatic rings. The molecule has 5 nitrogen and oxygen atoms in total. The number of carbonyl (C=O) groups is 1. The molecule has 1 N–H and O–H groups in total. The lowest BCUT2D eigenvalue weighted by Crippen LogP contribution is -2.23. The zero-order chi connectivity index (χ0) is 8.20. The SMILES string of the molecule is CCCS(=O)(=O)[N]C(=O)O. The summed E-state index contributed by atoms with van der Waals surface area (Å²) in [6, 6.07) is 0. The Kier molecular flexibility index (Phi) is 3.14. The van der Waals surface area contributed by atoms with Gasteiger partial charge in [0, 0.05) is 0 Å². The molecule has 0 saturated heterocycles. The first-order chi connectivity index (χ1) is 4.48. The Morgan fingerprint density at radius 1 is 1.60 bits per heavy atom. The van der Waals surface area contributed by atoms with E-state index in [0.29, 0.717) is 6.42 Å². The van der Waals surface area contributed by atoms with E-state index in [1.807, 2.05) is 0 Å². The molecule has 1 amide bonds. The van der Waals surface area contributed by atoms with Gasteiger partial charge in [-0.05, 0) is 6.42 Å². The molecule has 1 radical (unpaired) electrons. The van der Waals surface area contributed by atoms with Crippen molar-refractivity contribution in [2.45, 2.75) is 13.3 Å². The third-order valence-corrected chi connectivity index (χ3v) is 2.04. The number of hydrogen-bond donors (Lipinski definition) is 1. The molecule has 6 heteroatoms. The van der Waals surface area contributed by atoms with Gasteiger partial charge in [0.05, 0.1) is 5.75 Å². The summed E-state index contributed by atoms with van der Waals surface area (Å²) < 4.78 is 23.5. The van der Waals surface area contributed by atoms with Gasteiger partial charge in [0.15, 0.2) is 0 Å². The maximum absolute atomic E-state index is 10.5. The van der Waals surface area contributed by atoms with Crippen LogP contribution in [0.3, 0.4) is 0 Å². The third kappa shape index (κ3) is 4.13. The van der Waals surface area contributed by atoms with Crippen molar-refractivity contribution in [2.24, 2.45) is 0 Å². The van der Waals surface area contributed by atoms with Gasteiger partial charge in [-0.25, -0.2) is 13.2 Å². The van der Waals surface area contributed by atoms with Crippen LogP contribution in [0, 0.1) is 0 Å². The van der Waals surface area contributed by atoms with Crippen molar-refractivity contribution in [3.8, 4) is 0 Å². The average molecular weight is 166 g/mol. The smallest absolute Gasteiger partial charge is 0.442 e. The van der Waals surface area contributed by atoms with Gasteiger partial charge in [0.1, 0.15) is 0 Å². The first-order valence-electron chi connectivity index (χ1n) is 2.66. The minimum atomic E-state index is -3.71. The van der Waals surface area contributed by atoms with E-state index >= 15 is 0 Å². The van der Waals surface area contributed by atoms with Crippen LogP contribution in [0.15, 0.2) is 0 Å². The van der Waals surface area contributed by atoms with E-state index in [9.17, 15) is 13.2 Å². The molecule has 0 unspecified atom stereocenters. The maximum Gasteiger partial charge on any atom is 0.442 e. The molecule has 0 rings (SSSR count). The monoisotopic (exact) mass is 166 g/mol. The second-order valence-electron chi connectivity index (χ2n) is 1.66. The highest BCUT2D eigenvalue weighted by Crippen LogP contribution is 1.89. The molecule has 0 aromatic carbocycles. The number of amides is 1. The van der Waals surface area contributed by atoms with Crippen LogP contribution in [0.1, 0.15) is 13.3 Å². The summed E-state index contributed by atoms with van der Waals surface area (Å²) >= 11 is 0. The standard InChI is InChI=1S/C4H8NO4S/c1-2-3-10(8,9)5-4(6)7/h2-3H2,1H3,(H,6,7). The van der Waals surface area contributed by atoms with Crippen molar-refractivity contribution in [2.75, 3.05) is 5.75 Å². The Labute approximate surface area is 59.1 Å². The largest absolute Gasteiger partial charge is 0.463 e. The summed E-state index contributed by atoms with van der Waals surface area (Å²) in [5.41, 5.74) is 0. The Bertz CT molecular complexity index is 207. The molecule has 10 heavy (non-hydrogen) atoms. The number of hydrogen-bond acceptors (Lipinski definition) is 3. The molecular weight excluding hydrogens is 158 g/mol. The minimum absolute atomic E-state index is 0.209. The van der Waals surface area contributed by atoms with Crippen LogP contribution in [0.4, 0.5) is 4.79 Å².